The molecule has 7 nitrogen and oxygen atoms in total. The normalized spacial score (nSPS) is 20.4. The average molecular weight is 339 g/mol. The molecule has 1 aliphatic rings. The Morgan fingerprint density at radius 3 is 3.00 bits per heavy atom. The van der Waals surface area contributed by atoms with Gasteiger partial charge in [0.05, 0.1) is 13.2 Å². The topological polar surface area (TPSA) is 92.1 Å². The summed E-state index contributed by atoms with van der Waals surface area (Å²) in [5.74, 6) is 0.747. The molecule has 1 saturated heterocycles. The summed E-state index contributed by atoms with van der Waals surface area (Å²) in [6, 6.07) is 3.70. The zero-order chi connectivity index (χ0) is 13.2. The van der Waals surface area contributed by atoms with E-state index in [4.69, 9.17) is 14.5 Å². The number of ether oxygens (including phenoxy) is 1. The van der Waals surface area contributed by atoms with E-state index in [-0.39, 0.29) is 12.7 Å². The van der Waals surface area contributed by atoms with Crippen molar-refractivity contribution in [1.82, 2.24) is 4.98 Å². The number of phosphoric ester groups is 1. The Kier molecular flexibility index (Phi) is 4.37. The smallest absolute Gasteiger partial charge is 0.354 e. The summed E-state index contributed by atoms with van der Waals surface area (Å²) < 4.78 is 21.2. The van der Waals surface area contributed by atoms with Crippen LogP contribution in [0.1, 0.15) is 0 Å². The second-order valence-corrected chi connectivity index (χ2v) is 5.92. The van der Waals surface area contributed by atoms with Crippen molar-refractivity contribution < 1.29 is 23.6 Å². The van der Waals surface area contributed by atoms with Gasteiger partial charge in [0.2, 0.25) is 0 Å². The van der Waals surface area contributed by atoms with Crippen molar-refractivity contribution >= 4 is 29.6 Å². The molecule has 0 bridgehead atoms. The first-order valence-electron chi connectivity index (χ1n) is 5.12. The third-order valence-electron chi connectivity index (χ3n) is 2.35. The van der Waals surface area contributed by atoms with Gasteiger partial charge in [-0.05, 0) is 28.1 Å². The van der Waals surface area contributed by atoms with Crippen LogP contribution in [0.15, 0.2) is 22.8 Å². The van der Waals surface area contributed by atoms with Crippen LogP contribution >= 0.6 is 23.8 Å². The van der Waals surface area contributed by atoms with Crippen LogP contribution in [0.5, 0.6) is 0 Å². The average Bonchev–Trinajstić information content (AvgIpc) is 2.75. The number of anilines is 1. The molecule has 1 aliphatic heterocycles. The van der Waals surface area contributed by atoms with Crippen molar-refractivity contribution in [3.8, 4) is 0 Å². The summed E-state index contributed by atoms with van der Waals surface area (Å²) in [5, 5.41) is 0. The van der Waals surface area contributed by atoms with E-state index in [2.05, 4.69) is 25.4 Å². The maximum absolute atomic E-state index is 10.6. The Morgan fingerprint density at radius 2 is 2.39 bits per heavy atom. The van der Waals surface area contributed by atoms with Crippen LogP contribution in [-0.4, -0.2) is 40.8 Å². The van der Waals surface area contributed by atoms with Gasteiger partial charge in [-0.25, -0.2) is 9.55 Å². The molecule has 9 heteroatoms. The lowest BCUT2D eigenvalue weighted by atomic mass is 10.3. The van der Waals surface area contributed by atoms with E-state index in [0.717, 1.165) is 10.3 Å². The molecule has 100 valence electrons. The van der Waals surface area contributed by atoms with Crippen LogP contribution in [0, 0.1) is 0 Å². The molecule has 0 radical (unpaired) electrons. The van der Waals surface area contributed by atoms with Gasteiger partial charge in [0.1, 0.15) is 18.7 Å². The molecule has 0 aromatic carbocycles. The van der Waals surface area contributed by atoms with E-state index in [1.807, 2.05) is 17.0 Å². The van der Waals surface area contributed by atoms with Gasteiger partial charge >= 0.3 is 7.82 Å². The maximum atomic E-state index is 10.6. The zero-order valence-electron chi connectivity index (χ0n) is 9.27. The SMILES string of the molecule is O=P(O)(O)OCC1CN(c2ccc(Br)cn2)CO1. The van der Waals surface area contributed by atoms with Gasteiger partial charge in [-0.15, -0.1) is 0 Å². The second-order valence-electron chi connectivity index (χ2n) is 3.76. The van der Waals surface area contributed by atoms with Gasteiger partial charge in [0.15, 0.2) is 0 Å². The lowest BCUT2D eigenvalue weighted by Gasteiger charge is -2.14. The first-order chi connectivity index (χ1) is 8.44. The van der Waals surface area contributed by atoms with Gasteiger partial charge in [-0.3, -0.25) is 4.52 Å². The predicted octanol–water partition coefficient (Wildman–Crippen LogP) is 1.12. The highest BCUT2D eigenvalue weighted by molar-refractivity contribution is 9.10. The fraction of sp³-hybridized carbons (Fsp3) is 0.444. The molecular formula is C9H12BrN2O5P. The van der Waals surface area contributed by atoms with E-state index in [9.17, 15) is 4.57 Å². The minimum atomic E-state index is -4.44. The highest BCUT2D eigenvalue weighted by Crippen LogP contribution is 2.36. The van der Waals surface area contributed by atoms with Gasteiger partial charge in [0, 0.05) is 10.7 Å². The standard InChI is InChI=1S/C9H12BrN2O5P/c10-7-1-2-9(11-3-7)12-4-8(16-6-12)5-17-18(13,14)15/h1-3,8H,4-6H2,(H2,13,14,15). The highest BCUT2D eigenvalue weighted by atomic mass is 79.9. The van der Waals surface area contributed by atoms with Crippen molar-refractivity contribution in [2.45, 2.75) is 6.10 Å². The molecular weight excluding hydrogens is 327 g/mol. The minimum absolute atomic E-state index is 0.142. The van der Waals surface area contributed by atoms with E-state index in [1.165, 1.54) is 0 Å². The van der Waals surface area contributed by atoms with Gasteiger partial charge in [-0.2, -0.15) is 0 Å². The Morgan fingerprint density at radius 1 is 1.61 bits per heavy atom. The molecule has 1 atom stereocenters. The predicted molar refractivity (Wildman–Crippen MR) is 67.0 cm³/mol. The Hall–Kier alpha value is -0.500. The van der Waals surface area contributed by atoms with E-state index in [0.29, 0.717) is 13.3 Å². The van der Waals surface area contributed by atoms with E-state index >= 15 is 0 Å². The fourth-order valence-corrected chi connectivity index (χ4v) is 2.14. The van der Waals surface area contributed by atoms with Crippen molar-refractivity contribution in [1.29, 1.82) is 0 Å². The number of pyridine rings is 1. The number of rotatable bonds is 4. The number of hydrogen-bond acceptors (Lipinski definition) is 5. The van der Waals surface area contributed by atoms with Crippen LogP contribution in [-0.2, 0) is 13.8 Å². The summed E-state index contributed by atoms with van der Waals surface area (Å²) in [5.41, 5.74) is 0. The molecule has 2 heterocycles. The first kappa shape index (κ1) is 13.9. The number of phosphoric acid groups is 1. The molecule has 2 N–H and O–H groups in total. The number of halogens is 1. The van der Waals surface area contributed by atoms with Gasteiger partial charge in [0.25, 0.3) is 0 Å². The molecule has 1 aromatic heterocycles. The lowest BCUT2D eigenvalue weighted by molar-refractivity contribution is 0.0597. The summed E-state index contributed by atoms with van der Waals surface area (Å²) in [6.07, 6.45) is 1.30. The van der Waals surface area contributed by atoms with Gasteiger partial charge < -0.3 is 19.4 Å². The number of nitrogens with zero attached hydrogens (tertiary/aromatic N) is 2. The molecule has 0 amide bonds. The summed E-state index contributed by atoms with van der Waals surface area (Å²) >= 11 is 3.29. The highest BCUT2D eigenvalue weighted by Gasteiger charge is 2.27. The maximum Gasteiger partial charge on any atom is 0.469 e. The van der Waals surface area contributed by atoms with Crippen molar-refractivity contribution in [3.63, 3.8) is 0 Å². The van der Waals surface area contributed by atoms with Crippen LogP contribution in [0.25, 0.3) is 0 Å². The molecule has 1 unspecified atom stereocenters. The van der Waals surface area contributed by atoms with Crippen molar-refractivity contribution in [2.75, 3.05) is 24.8 Å². The van der Waals surface area contributed by atoms with Crippen molar-refractivity contribution in [3.05, 3.63) is 22.8 Å². The van der Waals surface area contributed by atoms with Gasteiger partial charge in [-0.1, -0.05) is 0 Å². The van der Waals surface area contributed by atoms with Crippen LogP contribution in [0.3, 0.4) is 0 Å². The third-order valence-corrected chi connectivity index (χ3v) is 3.31. The van der Waals surface area contributed by atoms with Crippen molar-refractivity contribution in [2.24, 2.45) is 0 Å². The lowest BCUT2D eigenvalue weighted by Crippen LogP contribution is -2.24. The first-order valence-corrected chi connectivity index (χ1v) is 7.44. The fourth-order valence-electron chi connectivity index (χ4n) is 1.54. The molecule has 1 fully saturated rings. The number of aromatic nitrogens is 1. The molecule has 0 aliphatic carbocycles. The Labute approximate surface area is 112 Å². The third kappa shape index (κ3) is 4.01. The van der Waals surface area contributed by atoms with Crippen LogP contribution < -0.4 is 4.90 Å². The molecule has 1 aromatic rings. The molecule has 18 heavy (non-hydrogen) atoms. The van der Waals surface area contributed by atoms with Crippen LogP contribution in [0.4, 0.5) is 5.82 Å². The summed E-state index contributed by atoms with van der Waals surface area (Å²) in [7, 11) is -4.44. The summed E-state index contributed by atoms with van der Waals surface area (Å²) in [4.78, 5) is 23.3. The van der Waals surface area contributed by atoms with Crippen LogP contribution in [0.2, 0.25) is 0 Å². The Bertz CT molecular complexity index is 451. The molecule has 2 rings (SSSR count). The molecule has 0 saturated carbocycles. The minimum Gasteiger partial charge on any atom is -0.354 e. The summed E-state index contributed by atoms with van der Waals surface area (Å²) in [6.45, 7) is 0.662. The largest absolute Gasteiger partial charge is 0.469 e. The quantitative estimate of drug-likeness (QED) is 0.794. The second kappa shape index (κ2) is 5.64. The monoisotopic (exact) mass is 338 g/mol. The Balaban J connectivity index is 1.88. The number of hydrogen-bond donors (Lipinski definition) is 2. The zero-order valence-corrected chi connectivity index (χ0v) is 11.7. The van der Waals surface area contributed by atoms with E-state index in [1.54, 1.807) is 6.20 Å². The van der Waals surface area contributed by atoms with E-state index < -0.39 is 7.82 Å². The molecule has 0 spiro atoms.